The van der Waals surface area contributed by atoms with Crippen molar-refractivity contribution in [3.8, 4) is 44.8 Å². The minimum Gasteiger partial charge on any atom is -0.378 e. The van der Waals surface area contributed by atoms with E-state index in [1.54, 1.807) is 0 Å². The van der Waals surface area contributed by atoms with Crippen molar-refractivity contribution in [2.45, 2.75) is 13.1 Å². The Morgan fingerprint density at radius 3 is 1.64 bits per heavy atom. The molecule has 0 radical (unpaired) electrons. The summed E-state index contributed by atoms with van der Waals surface area (Å²) >= 11 is 0. The standard InChI is InChI=1S/C35H34N4/c1-38(2)28-16-12-24(13-17-28)34-20-27(21-35(37-34)25-14-18-29(19-15-25)39(3)4)30-9-5-6-10-31(30)32-11-7-8-26-22-36-23-33(26)32/h5-21,36H,22-23H2,1-4H3. The van der Waals surface area contributed by atoms with Gasteiger partial charge in [0.25, 0.3) is 0 Å². The van der Waals surface area contributed by atoms with Crippen molar-refractivity contribution in [2.75, 3.05) is 38.0 Å². The van der Waals surface area contributed by atoms with Crippen molar-refractivity contribution < 1.29 is 0 Å². The summed E-state index contributed by atoms with van der Waals surface area (Å²) in [7, 11) is 8.26. The molecule has 0 saturated carbocycles. The van der Waals surface area contributed by atoms with Crippen molar-refractivity contribution in [1.82, 2.24) is 10.3 Å². The maximum Gasteiger partial charge on any atom is 0.0715 e. The van der Waals surface area contributed by atoms with Crippen LogP contribution < -0.4 is 15.1 Å². The molecule has 6 rings (SSSR count). The summed E-state index contributed by atoms with van der Waals surface area (Å²) in [6.07, 6.45) is 0. The van der Waals surface area contributed by atoms with Gasteiger partial charge in [0.2, 0.25) is 0 Å². The Morgan fingerprint density at radius 2 is 1.08 bits per heavy atom. The third-order valence-corrected chi connectivity index (χ3v) is 7.60. The lowest BCUT2D eigenvalue weighted by Gasteiger charge is -2.17. The van der Waals surface area contributed by atoms with Crippen LogP contribution in [-0.2, 0) is 13.1 Å². The van der Waals surface area contributed by atoms with E-state index in [2.05, 4.69) is 146 Å². The number of rotatable bonds is 6. The van der Waals surface area contributed by atoms with E-state index in [-0.39, 0.29) is 0 Å². The van der Waals surface area contributed by atoms with Gasteiger partial charge < -0.3 is 15.1 Å². The summed E-state index contributed by atoms with van der Waals surface area (Å²) in [5.74, 6) is 0. The first-order chi connectivity index (χ1) is 19.0. The van der Waals surface area contributed by atoms with E-state index >= 15 is 0 Å². The van der Waals surface area contributed by atoms with Crippen molar-refractivity contribution >= 4 is 11.4 Å². The molecule has 1 N–H and O–H groups in total. The third kappa shape index (κ3) is 4.91. The molecule has 4 aromatic carbocycles. The van der Waals surface area contributed by atoms with Gasteiger partial charge in [-0.25, -0.2) is 4.98 Å². The van der Waals surface area contributed by atoms with Gasteiger partial charge in [-0.2, -0.15) is 0 Å². The highest BCUT2D eigenvalue weighted by Crippen LogP contribution is 2.39. The van der Waals surface area contributed by atoms with E-state index in [0.717, 1.165) is 35.6 Å². The molecule has 1 aliphatic rings. The Morgan fingerprint density at radius 1 is 0.538 bits per heavy atom. The fraction of sp³-hybridized carbons (Fsp3) is 0.171. The lowest BCUT2D eigenvalue weighted by Crippen LogP contribution is -2.08. The van der Waals surface area contributed by atoms with Gasteiger partial charge in [0.1, 0.15) is 0 Å². The summed E-state index contributed by atoms with van der Waals surface area (Å²) in [6, 6.07) is 37.2. The van der Waals surface area contributed by atoms with Gasteiger partial charge in [-0.05, 0) is 69.8 Å². The molecule has 194 valence electrons. The average Bonchev–Trinajstić information content (AvgIpc) is 3.46. The number of pyridine rings is 1. The lowest BCUT2D eigenvalue weighted by molar-refractivity contribution is 0.765. The monoisotopic (exact) mass is 510 g/mol. The van der Waals surface area contributed by atoms with Gasteiger partial charge in [0, 0.05) is 63.8 Å². The number of aromatic nitrogens is 1. The average molecular weight is 511 g/mol. The highest BCUT2D eigenvalue weighted by molar-refractivity contribution is 5.88. The van der Waals surface area contributed by atoms with E-state index in [1.165, 1.54) is 44.8 Å². The second-order valence-corrected chi connectivity index (χ2v) is 10.6. The quantitative estimate of drug-likeness (QED) is 0.257. The Hall–Kier alpha value is -4.41. The molecule has 0 aliphatic carbocycles. The second kappa shape index (κ2) is 10.4. The molecule has 0 fully saturated rings. The van der Waals surface area contributed by atoms with Crippen LogP contribution in [0.15, 0.2) is 103 Å². The highest BCUT2D eigenvalue weighted by Gasteiger charge is 2.18. The maximum absolute atomic E-state index is 5.17. The van der Waals surface area contributed by atoms with Crippen LogP contribution in [-0.4, -0.2) is 33.2 Å². The van der Waals surface area contributed by atoms with Crippen molar-refractivity contribution in [3.05, 3.63) is 114 Å². The maximum atomic E-state index is 5.17. The predicted octanol–water partition coefficient (Wildman–Crippen LogP) is 7.48. The van der Waals surface area contributed by atoms with Crippen molar-refractivity contribution in [2.24, 2.45) is 0 Å². The van der Waals surface area contributed by atoms with Gasteiger partial charge in [-0.15, -0.1) is 0 Å². The molecular formula is C35H34N4. The highest BCUT2D eigenvalue weighted by atomic mass is 15.1. The van der Waals surface area contributed by atoms with E-state index in [4.69, 9.17) is 4.98 Å². The lowest BCUT2D eigenvalue weighted by atomic mass is 9.90. The number of fused-ring (bicyclic) bond motifs is 1. The van der Waals surface area contributed by atoms with Gasteiger partial charge in [-0.1, -0.05) is 66.7 Å². The molecule has 0 atom stereocenters. The zero-order chi connectivity index (χ0) is 26.9. The molecular weight excluding hydrogens is 476 g/mol. The molecule has 0 spiro atoms. The summed E-state index contributed by atoms with van der Waals surface area (Å²) in [5.41, 5.74) is 14.2. The molecule has 0 bridgehead atoms. The van der Waals surface area contributed by atoms with Crippen LogP contribution >= 0.6 is 0 Å². The van der Waals surface area contributed by atoms with Crippen LogP contribution in [0.25, 0.3) is 44.8 Å². The molecule has 2 heterocycles. The molecule has 1 aromatic heterocycles. The van der Waals surface area contributed by atoms with Crippen LogP contribution in [0.4, 0.5) is 11.4 Å². The Kier molecular flexibility index (Phi) is 6.64. The normalized spacial score (nSPS) is 12.3. The van der Waals surface area contributed by atoms with E-state index in [1.807, 2.05) is 0 Å². The molecule has 5 aromatic rings. The van der Waals surface area contributed by atoms with Crippen LogP contribution in [0, 0.1) is 0 Å². The number of benzene rings is 4. The molecule has 0 unspecified atom stereocenters. The van der Waals surface area contributed by atoms with Gasteiger partial charge in [0.15, 0.2) is 0 Å². The first-order valence-electron chi connectivity index (χ1n) is 13.5. The fourth-order valence-corrected chi connectivity index (χ4v) is 5.40. The van der Waals surface area contributed by atoms with Crippen LogP contribution in [0.1, 0.15) is 11.1 Å². The largest absolute Gasteiger partial charge is 0.378 e. The third-order valence-electron chi connectivity index (χ3n) is 7.60. The fourth-order valence-electron chi connectivity index (χ4n) is 5.40. The molecule has 1 aliphatic heterocycles. The summed E-state index contributed by atoms with van der Waals surface area (Å²) in [6.45, 7) is 1.84. The van der Waals surface area contributed by atoms with Crippen molar-refractivity contribution in [1.29, 1.82) is 0 Å². The number of anilines is 2. The number of hydrogen-bond acceptors (Lipinski definition) is 4. The van der Waals surface area contributed by atoms with E-state index < -0.39 is 0 Å². The summed E-state index contributed by atoms with van der Waals surface area (Å²) in [5, 5.41) is 3.53. The molecule has 39 heavy (non-hydrogen) atoms. The minimum absolute atomic E-state index is 0.906. The predicted molar refractivity (Wildman–Crippen MR) is 165 cm³/mol. The number of nitrogens with one attached hydrogen (secondary N) is 1. The van der Waals surface area contributed by atoms with Gasteiger partial charge >= 0.3 is 0 Å². The molecule has 4 heteroatoms. The zero-order valence-electron chi connectivity index (χ0n) is 23.1. The van der Waals surface area contributed by atoms with Crippen LogP contribution in [0.2, 0.25) is 0 Å². The first-order valence-corrected chi connectivity index (χ1v) is 13.5. The number of hydrogen-bond donors (Lipinski definition) is 1. The summed E-state index contributed by atoms with van der Waals surface area (Å²) < 4.78 is 0. The molecule has 0 saturated heterocycles. The molecule has 4 nitrogen and oxygen atoms in total. The smallest absolute Gasteiger partial charge is 0.0715 e. The topological polar surface area (TPSA) is 31.4 Å². The van der Waals surface area contributed by atoms with Crippen molar-refractivity contribution in [3.63, 3.8) is 0 Å². The second-order valence-electron chi connectivity index (χ2n) is 10.6. The molecule has 0 amide bonds. The van der Waals surface area contributed by atoms with Gasteiger partial charge in [-0.3, -0.25) is 0 Å². The van der Waals surface area contributed by atoms with Crippen LogP contribution in [0.3, 0.4) is 0 Å². The minimum atomic E-state index is 0.906. The first kappa shape index (κ1) is 24.9. The number of nitrogens with zero attached hydrogens (tertiary/aromatic N) is 3. The van der Waals surface area contributed by atoms with E-state index in [9.17, 15) is 0 Å². The summed E-state index contributed by atoms with van der Waals surface area (Å²) in [4.78, 5) is 9.41. The van der Waals surface area contributed by atoms with Gasteiger partial charge in [0.05, 0.1) is 11.4 Å². The van der Waals surface area contributed by atoms with Crippen LogP contribution in [0.5, 0.6) is 0 Å². The Balaban J connectivity index is 1.53. The Bertz CT molecular complexity index is 1550. The Labute approximate surface area is 231 Å². The zero-order valence-corrected chi connectivity index (χ0v) is 23.1. The SMILES string of the molecule is CN(C)c1ccc(-c2cc(-c3ccccc3-c3cccc4c3CNC4)cc(-c3ccc(N(C)C)cc3)n2)cc1. The van der Waals surface area contributed by atoms with E-state index in [0.29, 0.717) is 0 Å².